The van der Waals surface area contributed by atoms with E-state index < -0.39 is 0 Å². The molecule has 0 spiro atoms. The van der Waals surface area contributed by atoms with Crippen molar-refractivity contribution in [1.82, 2.24) is 0 Å². The second-order valence-electron chi connectivity index (χ2n) is 1.39. The molecule has 0 aromatic heterocycles. The Labute approximate surface area is 66.0 Å². The zero-order valence-electron chi connectivity index (χ0n) is 7.56. The molecule has 0 aromatic carbocycles. The maximum absolute atomic E-state index is 3.36. The van der Waals surface area contributed by atoms with Crippen molar-refractivity contribution in [3.63, 3.8) is 0 Å². The summed E-state index contributed by atoms with van der Waals surface area (Å²) in [4.78, 5) is 0. The minimum absolute atomic E-state index is 1.16. The molecule has 0 fully saturated rings. The number of hydrogen-bond acceptors (Lipinski definition) is 0. The van der Waals surface area contributed by atoms with Crippen LogP contribution in [0.5, 0.6) is 0 Å². The third kappa shape index (κ3) is 188. The highest BCUT2D eigenvalue weighted by molar-refractivity contribution is 4.73. The molecule has 0 aliphatic carbocycles. The standard InChI is InChI=1S/C5H10.C3H6.C2H4/c1-3-5-4-2;1-3-2;1-2/h3,5H,4H2,1-2H3;3H,1H2,2H3;1-2H2/b5-3-;;. The largest absolute Gasteiger partial charge is 0.106 e. The highest BCUT2D eigenvalue weighted by Crippen LogP contribution is 1.73. The molecule has 0 atom stereocenters. The van der Waals surface area contributed by atoms with Crippen molar-refractivity contribution in [1.29, 1.82) is 0 Å². The van der Waals surface area contributed by atoms with Gasteiger partial charge in [-0.15, -0.1) is 19.7 Å². The van der Waals surface area contributed by atoms with Gasteiger partial charge in [-0.3, -0.25) is 0 Å². The van der Waals surface area contributed by atoms with Crippen LogP contribution in [0.2, 0.25) is 0 Å². The van der Waals surface area contributed by atoms with Crippen molar-refractivity contribution in [2.75, 3.05) is 0 Å². The zero-order chi connectivity index (χ0) is 8.83. The Kier molecular flexibility index (Phi) is 66.5. The van der Waals surface area contributed by atoms with Crippen molar-refractivity contribution in [2.24, 2.45) is 0 Å². The van der Waals surface area contributed by atoms with Crippen molar-refractivity contribution >= 4 is 0 Å². The van der Waals surface area contributed by atoms with E-state index in [1.54, 1.807) is 6.08 Å². The molecular weight excluding hydrogens is 120 g/mol. The van der Waals surface area contributed by atoms with E-state index in [9.17, 15) is 0 Å². The molecular formula is C10H20. The van der Waals surface area contributed by atoms with Crippen molar-refractivity contribution in [2.45, 2.75) is 27.2 Å². The third-order valence-electron chi connectivity index (χ3n) is 0.471. The highest BCUT2D eigenvalue weighted by atomic mass is 13.6. The zero-order valence-corrected chi connectivity index (χ0v) is 7.56. The molecule has 0 heterocycles. The topological polar surface area (TPSA) is 0 Å². The third-order valence-corrected chi connectivity index (χ3v) is 0.471. The summed E-state index contributed by atoms with van der Waals surface area (Å²) >= 11 is 0. The molecule has 0 rings (SSSR count). The van der Waals surface area contributed by atoms with Crippen molar-refractivity contribution in [3.05, 3.63) is 38.0 Å². The SMILES string of the molecule is C/C=C\CC.C=C.C=CC. The lowest BCUT2D eigenvalue weighted by atomic mass is 10.4. The fraction of sp³-hybridized carbons (Fsp3) is 0.400. The van der Waals surface area contributed by atoms with Gasteiger partial charge in [-0.05, 0) is 20.3 Å². The molecule has 0 aliphatic heterocycles. The molecule has 0 heteroatoms. The van der Waals surface area contributed by atoms with E-state index in [2.05, 4.69) is 38.8 Å². The van der Waals surface area contributed by atoms with Crippen LogP contribution in [0, 0.1) is 0 Å². The molecule has 0 nitrogen and oxygen atoms in total. The van der Waals surface area contributed by atoms with Gasteiger partial charge >= 0.3 is 0 Å². The molecule has 0 aromatic rings. The number of allylic oxidation sites excluding steroid dienone is 3. The Morgan fingerprint density at radius 2 is 1.50 bits per heavy atom. The predicted molar refractivity (Wildman–Crippen MR) is 52.2 cm³/mol. The van der Waals surface area contributed by atoms with E-state index >= 15 is 0 Å². The average Bonchev–Trinajstić information content (AvgIpc) is 1.96. The van der Waals surface area contributed by atoms with Crippen LogP contribution in [0.4, 0.5) is 0 Å². The monoisotopic (exact) mass is 140 g/mol. The molecule has 0 aliphatic rings. The maximum atomic E-state index is 3.36. The van der Waals surface area contributed by atoms with Gasteiger partial charge in [0.05, 0.1) is 0 Å². The molecule has 0 bridgehead atoms. The quantitative estimate of drug-likeness (QED) is 0.483. The van der Waals surface area contributed by atoms with Crippen LogP contribution in [0.1, 0.15) is 27.2 Å². The minimum atomic E-state index is 1.16. The van der Waals surface area contributed by atoms with Crippen LogP contribution in [0.25, 0.3) is 0 Å². The lowest BCUT2D eigenvalue weighted by molar-refractivity contribution is 1.22. The van der Waals surface area contributed by atoms with Crippen molar-refractivity contribution < 1.29 is 0 Å². The van der Waals surface area contributed by atoms with Crippen LogP contribution < -0.4 is 0 Å². The van der Waals surface area contributed by atoms with E-state index in [1.807, 2.05) is 13.8 Å². The van der Waals surface area contributed by atoms with Crippen LogP contribution in [-0.4, -0.2) is 0 Å². The predicted octanol–water partition coefficient (Wildman–Crippen LogP) is 3.97. The molecule has 60 valence electrons. The van der Waals surface area contributed by atoms with E-state index in [1.165, 1.54) is 0 Å². The summed E-state index contributed by atoms with van der Waals surface area (Å²) in [5.41, 5.74) is 0. The van der Waals surface area contributed by atoms with Gasteiger partial charge in [0.1, 0.15) is 0 Å². The first-order valence-corrected chi connectivity index (χ1v) is 3.51. The summed E-state index contributed by atoms with van der Waals surface area (Å²) < 4.78 is 0. The summed E-state index contributed by atoms with van der Waals surface area (Å²) in [7, 11) is 0. The average molecular weight is 140 g/mol. The van der Waals surface area contributed by atoms with E-state index in [-0.39, 0.29) is 0 Å². The van der Waals surface area contributed by atoms with E-state index in [0.717, 1.165) is 6.42 Å². The van der Waals surface area contributed by atoms with Crippen molar-refractivity contribution in [3.8, 4) is 0 Å². The fourth-order valence-corrected chi connectivity index (χ4v) is 0.236. The Balaban J connectivity index is -0.0000000847. The molecule has 0 radical (unpaired) electrons. The van der Waals surface area contributed by atoms with E-state index in [0.29, 0.717) is 0 Å². The van der Waals surface area contributed by atoms with Gasteiger partial charge in [0.15, 0.2) is 0 Å². The summed E-state index contributed by atoms with van der Waals surface area (Å²) in [6.07, 6.45) is 7.09. The second kappa shape index (κ2) is 41.3. The maximum Gasteiger partial charge on any atom is -0.0379 e. The number of rotatable bonds is 1. The van der Waals surface area contributed by atoms with Gasteiger partial charge in [-0.25, -0.2) is 0 Å². The lowest BCUT2D eigenvalue weighted by Crippen LogP contribution is -1.43. The summed E-state index contributed by atoms with van der Waals surface area (Å²) in [6, 6.07) is 0. The van der Waals surface area contributed by atoms with Gasteiger partial charge in [-0.2, -0.15) is 0 Å². The lowest BCUT2D eigenvalue weighted by Gasteiger charge is -1.65. The summed E-state index contributed by atoms with van der Waals surface area (Å²) in [6.45, 7) is 15.4. The molecule has 0 N–H and O–H groups in total. The Morgan fingerprint density at radius 1 is 1.20 bits per heavy atom. The molecule has 0 saturated heterocycles. The van der Waals surface area contributed by atoms with E-state index in [4.69, 9.17) is 0 Å². The Morgan fingerprint density at radius 3 is 1.50 bits per heavy atom. The fourth-order valence-electron chi connectivity index (χ4n) is 0.236. The first-order valence-electron chi connectivity index (χ1n) is 3.51. The number of hydrogen-bond donors (Lipinski definition) is 0. The van der Waals surface area contributed by atoms with Gasteiger partial charge in [-0.1, -0.05) is 25.2 Å². The van der Waals surface area contributed by atoms with Crippen LogP contribution in [0.3, 0.4) is 0 Å². The van der Waals surface area contributed by atoms with Gasteiger partial charge in [0, 0.05) is 0 Å². The normalized spacial score (nSPS) is 6.70. The smallest absolute Gasteiger partial charge is 0.0379 e. The molecule has 10 heavy (non-hydrogen) atoms. The van der Waals surface area contributed by atoms with Gasteiger partial charge in [0.2, 0.25) is 0 Å². The summed E-state index contributed by atoms with van der Waals surface area (Å²) in [5, 5.41) is 0. The summed E-state index contributed by atoms with van der Waals surface area (Å²) in [5.74, 6) is 0. The van der Waals surface area contributed by atoms with Crippen LogP contribution in [-0.2, 0) is 0 Å². The first-order chi connectivity index (χ1) is 4.83. The van der Waals surface area contributed by atoms with Gasteiger partial charge < -0.3 is 0 Å². The molecule has 0 amide bonds. The molecule has 0 saturated carbocycles. The van der Waals surface area contributed by atoms with Gasteiger partial charge in [0.25, 0.3) is 0 Å². The second-order valence-corrected chi connectivity index (χ2v) is 1.39. The Hall–Kier alpha value is -0.780. The molecule has 0 unspecified atom stereocenters. The minimum Gasteiger partial charge on any atom is -0.106 e. The Bertz CT molecular complexity index is 60.4. The van der Waals surface area contributed by atoms with Crippen LogP contribution in [0.15, 0.2) is 38.0 Å². The van der Waals surface area contributed by atoms with Crippen LogP contribution >= 0.6 is 0 Å². The first kappa shape index (κ1) is 16.1. The highest BCUT2D eigenvalue weighted by Gasteiger charge is 1.52.